The lowest BCUT2D eigenvalue weighted by molar-refractivity contribution is -0.386. The van der Waals surface area contributed by atoms with Crippen LogP contribution in [-0.4, -0.2) is 50.5 Å². The molecule has 0 saturated carbocycles. The molecule has 2 rings (SSSR count). The molecule has 0 aliphatic rings. The summed E-state index contributed by atoms with van der Waals surface area (Å²) in [6.07, 6.45) is 1.06. The second kappa shape index (κ2) is 9.63. The van der Waals surface area contributed by atoms with Gasteiger partial charge in [0, 0.05) is 24.6 Å². The van der Waals surface area contributed by atoms with E-state index in [1.165, 1.54) is 6.07 Å². The van der Waals surface area contributed by atoms with E-state index in [0.29, 0.717) is 0 Å². The smallest absolute Gasteiger partial charge is 0.342 e. The van der Waals surface area contributed by atoms with Gasteiger partial charge in [0.05, 0.1) is 17.7 Å². The number of carbonyl (C=O) groups is 1. The molecule has 0 unspecified atom stereocenters. The number of nitrogens with zero attached hydrogens (tertiary/aromatic N) is 3. The number of nitro benzene ring substituents is 1. The zero-order valence-corrected chi connectivity index (χ0v) is 15.1. The maximum absolute atomic E-state index is 11.8. The Labute approximate surface area is 161 Å². The highest BCUT2D eigenvalue weighted by Gasteiger charge is 2.19. The molecule has 1 amide bonds. The summed E-state index contributed by atoms with van der Waals surface area (Å²) >= 11 is 0. The molecule has 1 aromatic carbocycles. The number of benzene rings is 1. The summed E-state index contributed by atoms with van der Waals surface area (Å²) in [5, 5.41) is 32.6. The summed E-state index contributed by atoms with van der Waals surface area (Å²) < 4.78 is 5.14. The normalized spacial score (nSPS) is 10.7. The highest BCUT2D eigenvalue weighted by Crippen LogP contribution is 2.36. The fourth-order valence-electron chi connectivity index (χ4n) is 2.09. The molecule has 0 bridgehead atoms. The number of phenols is 1. The first kappa shape index (κ1) is 21.1. The number of anilines is 1. The van der Waals surface area contributed by atoms with Gasteiger partial charge in [-0.05, 0) is 13.0 Å². The van der Waals surface area contributed by atoms with Crippen molar-refractivity contribution in [1.82, 2.24) is 20.6 Å². The van der Waals surface area contributed by atoms with Gasteiger partial charge >= 0.3 is 11.4 Å². The van der Waals surface area contributed by atoms with Crippen molar-refractivity contribution >= 4 is 23.6 Å². The molecule has 0 radical (unpaired) electrons. The molecule has 0 aliphatic heterocycles. The van der Waals surface area contributed by atoms with E-state index in [4.69, 9.17) is 4.74 Å². The molecule has 0 spiro atoms. The number of aromatic nitrogens is 3. The van der Waals surface area contributed by atoms with Crippen molar-refractivity contribution in [2.75, 3.05) is 18.5 Å². The number of nitro groups is 1. The van der Waals surface area contributed by atoms with E-state index in [1.807, 2.05) is 10.1 Å². The minimum atomic E-state index is -0.772. The summed E-state index contributed by atoms with van der Waals surface area (Å²) in [5.74, 6) is -1.36. The lowest BCUT2D eigenvalue weighted by atomic mass is 10.2. The van der Waals surface area contributed by atoms with Gasteiger partial charge < -0.3 is 15.2 Å². The summed E-state index contributed by atoms with van der Waals surface area (Å²) in [5.41, 5.74) is 0.383. The van der Waals surface area contributed by atoms with Crippen LogP contribution >= 0.6 is 0 Å². The first-order valence-corrected chi connectivity index (χ1v) is 8.20. The van der Waals surface area contributed by atoms with Crippen LogP contribution < -0.4 is 26.7 Å². The van der Waals surface area contributed by atoms with Crippen molar-refractivity contribution in [3.63, 3.8) is 0 Å². The number of hydrogen-bond acceptors (Lipinski definition) is 10. The number of hydrogen-bond donors (Lipinski definition) is 5. The average Bonchev–Trinajstić information content (AvgIpc) is 2.65. The van der Waals surface area contributed by atoms with Crippen molar-refractivity contribution in [3.8, 4) is 11.5 Å². The standard InChI is InChI=1S/C15H17N7O7/c1-2-29-10-6-8(5-9(12(10)24)22(27)28)7-17-19-11(23)3-4-16-13-14(25)18-15(26)21-20-13/h5-7,24H,2-4H2,1H3,(H,16,20)(H,19,23)(H2,18,21,25,26)/b17-7+. The Bertz CT molecular complexity index is 1040. The van der Waals surface area contributed by atoms with Crippen LogP contribution in [0.5, 0.6) is 11.5 Å². The fraction of sp³-hybridized carbons (Fsp3) is 0.267. The fourth-order valence-corrected chi connectivity index (χ4v) is 2.09. The van der Waals surface area contributed by atoms with Crippen LogP contribution in [0.2, 0.25) is 0 Å². The number of H-pyrrole nitrogens is 2. The SMILES string of the molecule is CCOc1cc(/C=N/NC(=O)CCNc2n[nH]c(=O)[nH]c2=O)cc([N+](=O)[O-])c1O. The molecular formula is C15H17N7O7. The van der Waals surface area contributed by atoms with Gasteiger partial charge in [0.2, 0.25) is 17.5 Å². The minimum Gasteiger partial charge on any atom is -0.500 e. The lowest BCUT2D eigenvalue weighted by Gasteiger charge is -2.07. The van der Waals surface area contributed by atoms with E-state index in [9.17, 15) is 29.6 Å². The van der Waals surface area contributed by atoms with Crippen molar-refractivity contribution < 1.29 is 19.6 Å². The van der Waals surface area contributed by atoms with Crippen LogP contribution in [0.3, 0.4) is 0 Å². The summed E-state index contributed by atoms with van der Waals surface area (Å²) in [6.45, 7) is 1.86. The zero-order chi connectivity index (χ0) is 21.4. The second-order valence-corrected chi connectivity index (χ2v) is 5.40. The average molecular weight is 407 g/mol. The Morgan fingerprint density at radius 3 is 2.86 bits per heavy atom. The molecule has 0 atom stereocenters. The first-order chi connectivity index (χ1) is 13.8. The van der Waals surface area contributed by atoms with Crippen LogP contribution in [0.15, 0.2) is 26.8 Å². The maximum Gasteiger partial charge on any atom is 0.342 e. The number of carbonyl (C=O) groups excluding carboxylic acids is 1. The van der Waals surface area contributed by atoms with Crippen molar-refractivity contribution in [3.05, 3.63) is 48.6 Å². The Balaban J connectivity index is 1.94. The third-order valence-electron chi connectivity index (χ3n) is 3.33. The molecule has 29 heavy (non-hydrogen) atoms. The third-order valence-corrected chi connectivity index (χ3v) is 3.33. The van der Waals surface area contributed by atoms with Crippen LogP contribution in [0, 0.1) is 10.1 Å². The van der Waals surface area contributed by atoms with Crippen molar-refractivity contribution in [2.45, 2.75) is 13.3 Å². The van der Waals surface area contributed by atoms with Gasteiger partial charge in [-0.3, -0.25) is 24.7 Å². The number of aromatic amines is 2. The Hall–Kier alpha value is -4.23. The van der Waals surface area contributed by atoms with Crippen molar-refractivity contribution in [2.24, 2.45) is 5.10 Å². The molecule has 1 aromatic heterocycles. The van der Waals surface area contributed by atoms with Gasteiger partial charge in [-0.2, -0.15) is 5.10 Å². The number of hydrazone groups is 1. The van der Waals surface area contributed by atoms with E-state index in [2.05, 4.69) is 20.9 Å². The molecule has 5 N–H and O–H groups in total. The van der Waals surface area contributed by atoms with Gasteiger partial charge in [-0.25, -0.2) is 15.3 Å². The number of nitrogens with one attached hydrogen (secondary N) is 4. The molecule has 0 aliphatic carbocycles. The first-order valence-electron chi connectivity index (χ1n) is 8.20. The van der Waals surface area contributed by atoms with E-state index in [1.54, 1.807) is 6.92 Å². The number of ether oxygens (including phenoxy) is 1. The summed E-state index contributed by atoms with van der Waals surface area (Å²) in [6, 6.07) is 2.40. The predicted octanol–water partition coefficient (Wildman–Crippen LogP) is -0.577. The molecule has 0 fully saturated rings. The lowest BCUT2D eigenvalue weighted by Crippen LogP contribution is -2.28. The Morgan fingerprint density at radius 1 is 1.45 bits per heavy atom. The second-order valence-electron chi connectivity index (χ2n) is 5.40. The van der Waals surface area contributed by atoms with Gasteiger partial charge in [0.15, 0.2) is 5.75 Å². The van der Waals surface area contributed by atoms with Crippen LogP contribution in [0.4, 0.5) is 11.5 Å². The Morgan fingerprint density at radius 2 is 2.21 bits per heavy atom. The van der Waals surface area contributed by atoms with E-state index in [-0.39, 0.29) is 36.7 Å². The summed E-state index contributed by atoms with van der Waals surface area (Å²) in [4.78, 5) is 46.2. The largest absolute Gasteiger partial charge is 0.500 e. The number of aromatic hydroxyl groups is 1. The quantitative estimate of drug-likeness (QED) is 0.204. The van der Waals surface area contributed by atoms with Gasteiger partial charge in [-0.1, -0.05) is 0 Å². The molecule has 14 heteroatoms. The maximum atomic E-state index is 11.8. The highest BCUT2D eigenvalue weighted by molar-refractivity contribution is 5.85. The van der Waals surface area contributed by atoms with Gasteiger partial charge in [0.25, 0.3) is 5.56 Å². The highest BCUT2D eigenvalue weighted by atomic mass is 16.6. The monoisotopic (exact) mass is 407 g/mol. The molecule has 14 nitrogen and oxygen atoms in total. The van der Waals surface area contributed by atoms with Gasteiger partial charge in [-0.15, -0.1) is 5.10 Å². The number of amides is 1. The topological polar surface area (TPSA) is 205 Å². The molecular weight excluding hydrogens is 390 g/mol. The molecule has 0 saturated heterocycles. The van der Waals surface area contributed by atoms with E-state index < -0.39 is 33.5 Å². The molecule has 154 valence electrons. The number of rotatable bonds is 9. The van der Waals surface area contributed by atoms with Crippen LogP contribution in [0.1, 0.15) is 18.9 Å². The summed E-state index contributed by atoms with van der Waals surface area (Å²) in [7, 11) is 0. The van der Waals surface area contributed by atoms with Crippen LogP contribution in [-0.2, 0) is 4.79 Å². The third kappa shape index (κ3) is 5.88. The Kier molecular flexibility index (Phi) is 7.00. The molecule has 1 heterocycles. The number of phenolic OH excluding ortho intramolecular Hbond substituents is 1. The molecule has 2 aromatic rings. The minimum absolute atomic E-state index is 0.0304. The van der Waals surface area contributed by atoms with Gasteiger partial charge in [0.1, 0.15) is 0 Å². The zero-order valence-electron chi connectivity index (χ0n) is 15.1. The van der Waals surface area contributed by atoms with E-state index >= 15 is 0 Å². The predicted molar refractivity (Wildman–Crippen MR) is 100 cm³/mol. The van der Waals surface area contributed by atoms with Crippen LogP contribution in [0.25, 0.3) is 0 Å². The van der Waals surface area contributed by atoms with E-state index in [0.717, 1.165) is 12.3 Å². The van der Waals surface area contributed by atoms with Crippen molar-refractivity contribution in [1.29, 1.82) is 0 Å².